The van der Waals surface area contributed by atoms with E-state index in [1.54, 1.807) is 42.7 Å². The van der Waals surface area contributed by atoms with Crippen LogP contribution in [0.15, 0.2) is 85.1 Å². The Morgan fingerprint density at radius 1 is 0.778 bits per heavy atom. The highest BCUT2D eigenvalue weighted by molar-refractivity contribution is 5.91. The average molecular weight is 487 g/mol. The number of benzene rings is 3. The number of hydrogen-bond acceptors (Lipinski definition) is 4. The number of carbonyl (C=O) groups excluding carboxylic acids is 1. The summed E-state index contributed by atoms with van der Waals surface area (Å²) >= 11 is 0. The zero-order valence-corrected chi connectivity index (χ0v) is 21.7. The van der Waals surface area contributed by atoms with E-state index in [9.17, 15) is 4.79 Å². The second-order valence-electron chi connectivity index (χ2n) is 9.13. The Balaban J connectivity index is 1.48. The molecule has 0 aliphatic heterocycles. The van der Waals surface area contributed by atoms with Crippen molar-refractivity contribution in [3.63, 3.8) is 0 Å². The zero-order valence-electron chi connectivity index (χ0n) is 21.7. The zero-order chi connectivity index (χ0) is 25.6. The van der Waals surface area contributed by atoms with Gasteiger partial charge in [-0.2, -0.15) is 0 Å². The van der Waals surface area contributed by atoms with Gasteiger partial charge < -0.3 is 14.2 Å². The van der Waals surface area contributed by atoms with Crippen LogP contribution in [-0.2, 0) is 0 Å². The van der Waals surface area contributed by atoms with Crippen molar-refractivity contribution in [2.24, 2.45) is 5.92 Å². The monoisotopic (exact) mass is 486 g/mol. The fourth-order valence-electron chi connectivity index (χ4n) is 3.53. The van der Waals surface area contributed by atoms with Crippen LogP contribution in [0.1, 0.15) is 69.7 Å². The second-order valence-corrected chi connectivity index (χ2v) is 9.13. The molecule has 0 amide bonds. The van der Waals surface area contributed by atoms with Crippen LogP contribution in [0, 0.1) is 5.92 Å². The highest BCUT2D eigenvalue weighted by Gasteiger charge is 2.10. The number of carbonyl (C=O) groups is 1. The Kier molecular flexibility index (Phi) is 11.1. The lowest BCUT2D eigenvalue weighted by Crippen LogP contribution is -2.08. The van der Waals surface area contributed by atoms with E-state index in [1.807, 2.05) is 42.5 Å². The minimum Gasteiger partial charge on any atom is -0.493 e. The maximum absolute atomic E-state index is 12.6. The molecule has 3 rings (SSSR count). The molecule has 190 valence electrons. The number of esters is 1. The molecular weight excluding hydrogens is 448 g/mol. The number of allylic oxidation sites excluding steroid dienone is 1. The van der Waals surface area contributed by atoms with Crippen LogP contribution in [0.25, 0.3) is 11.1 Å². The minimum absolute atomic E-state index is 0.393. The van der Waals surface area contributed by atoms with E-state index in [-0.39, 0.29) is 0 Å². The highest BCUT2D eigenvalue weighted by Crippen LogP contribution is 2.24. The third-order valence-electron chi connectivity index (χ3n) is 6.10. The van der Waals surface area contributed by atoms with Crippen molar-refractivity contribution in [1.82, 2.24) is 0 Å². The van der Waals surface area contributed by atoms with Gasteiger partial charge in [0.15, 0.2) is 0 Å². The molecule has 4 nitrogen and oxygen atoms in total. The largest absolute Gasteiger partial charge is 0.493 e. The van der Waals surface area contributed by atoms with Crippen molar-refractivity contribution in [1.29, 1.82) is 0 Å². The molecule has 0 fully saturated rings. The van der Waals surface area contributed by atoms with Crippen molar-refractivity contribution < 1.29 is 19.0 Å². The Labute approximate surface area is 215 Å². The molecule has 0 saturated carbocycles. The van der Waals surface area contributed by atoms with Gasteiger partial charge in [0.05, 0.1) is 18.4 Å². The van der Waals surface area contributed by atoms with E-state index >= 15 is 0 Å². The number of unbranched alkanes of at least 4 members (excludes halogenated alkanes) is 4. The van der Waals surface area contributed by atoms with Crippen LogP contribution >= 0.6 is 0 Å². The van der Waals surface area contributed by atoms with Gasteiger partial charge in [0, 0.05) is 0 Å². The van der Waals surface area contributed by atoms with E-state index in [2.05, 4.69) is 20.8 Å². The SMILES string of the molecule is CCCCCCC=COc1ccc(OC(=O)c2ccc(-c3ccc(OCC(C)CC)cc3)cc2)cc1. The van der Waals surface area contributed by atoms with Crippen LogP contribution < -0.4 is 14.2 Å². The predicted octanol–water partition coefficient (Wildman–Crippen LogP) is 8.86. The maximum atomic E-state index is 12.6. The number of hydrogen-bond donors (Lipinski definition) is 0. The van der Waals surface area contributed by atoms with E-state index in [4.69, 9.17) is 14.2 Å². The smallest absolute Gasteiger partial charge is 0.343 e. The fraction of sp³-hybridized carbons (Fsp3) is 0.344. The van der Waals surface area contributed by atoms with Gasteiger partial charge in [0.2, 0.25) is 0 Å². The van der Waals surface area contributed by atoms with Gasteiger partial charge in [-0.3, -0.25) is 0 Å². The van der Waals surface area contributed by atoms with E-state index in [0.717, 1.165) is 36.3 Å². The summed E-state index contributed by atoms with van der Waals surface area (Å²) in [5.74, 6) is 2.20. The molecule has 0 aliphatic rings. The lowest BCUT2D eigenvalue weighted by atomic mass is 10.0. The summed E-state index contributed by atoms with van der Waals surface area (Å²) in [6, 6.07) is 22.5. The first-order valence-electron chi connectivity index (χ1n) is 13.1. The van der Waals surface area contributed by atoms with Gasteiger partial charge >= 0.3 is 5.97 Å². The van der Waals surface area contributed by atoms with Crippen molar-refractivity contribution in [3.05, 3.63) is 90.7 Å². The third-order valence-corrected chi connectivity index (χ3v) is 6.10. The average Bonchev–Trinajstić information content (AvgIpc) is 2.92. The minimum atomic E-state index is -0.393. The molecule has 0 heterocycles. The molecular formula is C32H38O4. The topological polar surface area (TPSA) is 44.8 Å². The summed E-state index contributed by atoms with van der Waals surface area (Å²) in [5, 5.41) is 0. The molecule has 1 unspecified atom stereocenters. The molecule has 0 aromatic heterocycles. The molecule has 0 aliphatic carbocycles. The molecule has 0 radical (unpaired) electrons. The van der Waals surface area contributed by atoms with Crippen LogP contribution in [-0.4, -0.2) is 12.6 Å². The number of rotatable bonds is 14. The summed E-state index contributed by atoms with van der Waals surface area (Å²) in [6.45, 7) is 7.28. The maximum Gasteiger partial charge on any atom is 0.343 e. The van der Waals surface area contributed by atoms with Gasteiger partial charge in [0.25, 0.3) is 0 Å². The molecule has 1 atom stereocenters. The first-order valence-corrected chi connectivity index (χ1v) is 13.1. The third kappa shape index (κ3) is 8.92. The first-order chi connectivity index (χ1) is 17.6. The van der Waals surface area contributed by atoms with Crippen LogP contribution in [0.3, 0.4) is 0 Å². The molecule has 3 aromatic rings. The molecule has 0 saturated heterocycles. The fourth-order valence-corrected chi connectivity index (χ4v) is 3.53. The first kappa shape index (κ1) is 27.1. The molecule has 3 aromatic carbocycles. The Morgan fingerprint density at radius 2 is 1.39 bits per heavy atom. The van der Waals surface area contributed by atoms with E-state index < -0.39 is 5.97 Å². The summed E-state index contributed by atoms with van der Waals surface area (Å²) in [5.41, 5.74) is 2.59. The Hall–Kier alpha value is -3.53. The summed E-state index contributed by atoms with van der Waals surface area (Å²) in [7, 11) is 0. The van der Waals surface area contributed by atoms with Crippen molar-refractivity contribution in [2.75, 3.05) is 6.61 Å². The van der Waals surface area contributed by atoms with E-state index in [0.29, 0.717) is 23.0 Å². The standard InChI is InChI=1S/C32H38O4/c1-4-6-7-8-9-10-23-34-29-19-21-31(22-20-29)36-32(33)28-13-11-26(12-14-28)27-15-17-30(18-16-27)35-24-25(3)5-2/h10-23,25H,4-9,24H2,1-3H3. The Bertz CT molecular complexity index is 1070. The Morgan fingerprint density at radius 3 is 2.03 bits per heavy atom. The molecule has 36 heavy (non-hydrogen) atoms. The van der Waals surface area contributed by atoms with Gasteiger partial charge in [-0.1, -0.05) is 70.7 Å². The molecule has 4 heteroatoms. The van der Waals surface area contributed by atoms with Gasteiger partial charge in [-0.05, 0) is 84.5 Å². The molecule has 0 spiro atoms. The van der Waals surface area contributed by atoms with Crippen molar-refractivity contribution in [3.8, 4) is 28.4 Å². The highest BCUT2D eigenvalue weighted by atomic mass is 16.5. The quantitative estimate of drug-likeness (QED) is 0.0988. The summed E-state index contributed by atoms with van der Waals surface area (Å²) < 4.78 is 17.0. The van der Waals surface area contributed by atoms with Gasteiger partial charge in [-0.15, -0.1) is 0 Å². The summed E-state index contributed by atoms with van der Waals surface area (Å²) in [6.07, 6.45) is 10.9. The van der Waals surface area contributed by atoms with Crippen LogP contribution in [0.5, 0.6) is 17.2 Å². The predicted molar refractivity (Wildman–Crippen MR) is 147 cm³/mol. The van der Waals surface area contributed by atoms with E-state index in [1.165, 1.54) is 25.7 Å². The lowest BCUT2D eigenvalue weighted by molar-refractivity contribution is 0.0734. The lowest BCUT2D eigenvalue weighted by Gasteiger charge is -2.11. The molecule has 0 bridgehead atoms. The van der Waals surface area contributed by atoms with Gasteiger partial charge in [0.1, 0.15) is 17.2 Å². The van der Waals surface area contributed by atoms with Crippen LogP contribution in [0.4, 0.5) is 0 Å². The number of ether oxygens (including phenoxy) is 3. The van der Waals surface area contributed by atoms with Crippen molar-refractivity contribution >= 4 is 5.97 Å². The summed E-state index contributed by atoms with van der Waals surface area (Å²) in [4.78, 5) is 12.6. The van der Waals surface area contributed by atoms with Gasteiger partial charge in [-0.25, -0.2) is 4.79 Å². The van der Waals surface area contributed by atoms with Crippen LogP contribution in [0.2, 0.25) is 0 Å². The normalized spacial score (nSPS) is 11.9. The second kappa shape index (κ2) is 14.8. The van der Waals surface area contributed by atoms with Crippen molar-refractivity contribution in [2.45, 2.75) is 59.3 Å². The molecule has 0 N–H and O–H groups in total.